The Morgan fingerprint density at radius 3 is 2.69 bits per heavy atom. The summed E-state index contributed by atoms with van der Waals surface area (Å²) in [5.41, 5.74) is 8.67. The molecule has 0 saturated heterocycles. The minimum atomic E-state index is 0.594. The molecule has 0 saturated carbocycles. The number of hydrogen-bond acceptors (Lipinski definition) is 5. The van der Waals surface area contributed by atoms with Crippen molar-refractivity contribution in [2.75, 3.05) is 5.73 Å². The van der Waals surface area contributed by atoms with E-state index in [1.165, 1.54) is 17.7 Å². The second-order valence-corrected chi connectivity index (χ2v) is 4.42. The first kappa shape index (κ1) is 9.23. The monoisotopic (exact) mass is 228 g/mol. The summed E-state index contributed by atoms with van der Waals surface area (Å²) >= 11 is 1.49. The quantitative estimate of drug-likeness (QED) is 0.694. The molecule has 16 heavy (non-hydrogen) atoms. The number of anilines is 1. The molecule has 0 aliphatic carbocycles. The van der Waals surface area contributed by atoms with Gasteiger partial charge >= 0.3 is 0 Å². The molecule has 1 aromatic carbocycles. The van der Waals surface area contributed by atoms with E-state index in [2.05, 4.69) is 21.0 Å². The molecule has 3 aromatic rings. The summed E-state index contributed by atoms with van der Waals surface area (Å²) in [4.78, 5) is 12.2. The van der Waals surface area contributed by atoms with Crippen LogP contribution in [0.3, 0.4) is 0 Å². The highest BCUT2D eigenvalue weighted by Gasteiger charge is 2.03. The SMILES string of the molecule is Nc1nc2ccc(-c3cncnc3)cc2s1. The van der Waals surface area contributed by atoms with Crippen molar-refractivity contribution in [3.63, 3.8) is 0 Å². The lowest BCUT2D eigenvalue weighted by atomic mass is 10.1. The lowest BCUT2D eigenvalue weighted by molar-refractivity contribution is 1.17. The van der Waals surface area contributed by atoms with Crippen molar-refractivity contribution in [1.29, 1.82) is 0 Å². The van der Waals surface area contributed by atoms with E-state index in [-0.39, 0.29) is 0 Å². The van der Waals surface area contributed by atoms with Crippen LogP contribution in [0.1, 0.15) is 0 Å². The van der Waals surface area contributed by atoms with E-state index in [1.54, 1.807) is 12.4 Å². The number of nitrogen functional groups attached to an aromatic ring is 1. The van der Waals surface area contributed by atoms with Gasteiger partial charge in [-0.1, -0.05) is 17.4 Å². The van der Waals surface area contributed by atoms with Gasteiger partial charge in [-0.15, -0.1) is 0 Å². The summed E-state index contributed by atoms with van der Waals surface area (Å²) in [6.45, 7) is 0. The van der Waals surface area contributed by atoms with Crippen LogP contribution < -0.4 is 5.73 Å². The van der Waals surface area contributed by atoms with Gasteiger partial charge in [0.2, 0.25) is 0 Å². The van der Waals surface area contributed by atoms with Crippen molar-refractivity contribution < 1.29 is 0 Å². The third kappa shape index (κ3) is 1.51. The average molecular weight is 228 g/mol. The van der Waals surface area contributed by atoms with Gasteiger partial charge in [-0.25, -0.2) is 15.0 Å². The van der Waals surface area contributed by atoms with Gasteiger partial charge in [-0.3, -0.25) is 0 Å². The molecule has 0 aliphatic rings. The largest absolute Gasteiger partial charge is 0.375 e. The number of aromatic nitrogens is 3. The van der Waals surface area contributed by atoms with Gasteiger partial charge in [0.1, 0.15) is 6.33 Å². The van der Waals surface area contributed by atoms with Crippen LogP contribution >= 0.6 is 11.3 Å². The summed E-state index contributed by atoms with van der Waals surface area (Å²) in [5.74, 6) is 0. The zero-order chi connectivity index (χ0) is 11.0. The van der Waals surface area contributed by atoms with Crippen molar-refractivity contribution in [3.05, 3.63) is 36.9 Å². The van der Waals surface area contributed by atoms with E-state index in [0.717, 1.165) is 21.3 Å². The Morgan fingerprint density at radius 2 is 1.88 bits per heavy atom. The Labute approximate surface area is 95.8 Å². The zero-order valence-corrected chi connectivity index (χ0v) is 9.11. The second kappa shape index (κ2) is 3.53. The zero-order valence-electron chi connectivity index (χ0n) is 8.29. The van der Waals surface area contributed by atoms with Crippen molar-refractivity contribution in [3.8, 4) is 11.1 Å². The molecule has 0 fully saturated rings. The van der Waals surface area contributed by atoms with Crippen molar-refractivity contribution in [2.45, 2.75) is 0 Å². The standard InChI is InChI=1S/C11H8N4S/c12-11-15-9-2-1-7(3-10(9)16-11)8-4-13-6-14-5-8/h1-6H,(H2,12,15). The van der Waals surface area contributed by atoms with Crippen LogP contribution in [0.5, 0.6) is 0 Å². The number of fused-ring (bicyclic) bond motifs is 1. The third-order valence-electron chi connectivity index (χ3n) is 2.30. The molecule has 0 amide bonds. The average Bonchev–Trinajstić information content (AvgIpc) is 2.69. The van der Waals surface area contributed by atoms with Crippen molar-refractivity contribution in [1.82, 2.24) is 15.0 Å². The van der Waals surface area contributed by atoms with Gasteiger partial charge in [-0.05, 0) is 17.7 Å². The normalized spacial score (nSPS) is 10.8. The molecular weight excluding hydrogens is 220 g/mol. The fourth-order valence-corrected chi connectivity index (χ4v) is 2.34. The Kier molecular flexibility index (Phi) is 2.04. The summed E-state index contributed by atoms with van der Waals surface area (Å²) < 4.78 is 1.08. The molecular formula is C11H8N4S. The highest BCUT2D eigenvalue weighted by Crippen LogP contribution is 2.28. The van der Waals surface area contributed by atoms with Gasteiger partial charge in [0.05, 0.1) is 10.2 Å². The molecule has 2 N–H and O–H groups in total. The fourth-order valence-electron chi connectivity index (χ4n) is 1.57. The molecule has 0 spiro atoms. The molecule has 2 heterocycles. The van der Waals surface area contributed by atoms with Gasteiger partial charge < -0.3 is 5.73 Å². The van der Waals surface area contributed by atoms with E-state index in [4.69, 9.17) is 5.73 Å². The van der Waals surface area contributed by atoms with E-state index in [9.17, 15) is 0 Å². The molecule has 0 radical (unpaired) electrons. The van der Waals surface area contributed by atoms with E-state index in [1.807, 2.05) is 12.1 Å². The summed E-state index contributed by atoms with van der Waals surface area (Å²) in [7, 11) is 0. The molecule has 0 bridgehead atoms. The van der Waals surface area contributed by atoms with Crippen LogP contribution in [0.25, 0.3) is 21.3 Å². The molecule has 0 atom stereocenters. The van der Waals surface area contributed by atoms with Gasteiger partial charge in [0.15, 0.2) is 5.13 Å². The maximum absolute atomic E-state index is 5.66. The summed E-state index contributed by atoms with van der Waals surface area (Å²) in [6, 6.07) is 6.02. The Morgan fingerprint density at radius 1 is 1.06 bits per heavy atom. The number of hydrogen-bond donors (Lipinski definition) is 1. The molecule has 0 aliphatic heterocycles. The minimum Gasteiger partial charge on any atom is -0.375 e. The van der Waals surface area contributed by atoms with Gasteiger partial charge in [-0.2, -0.15) is 0 Å². The first-order valence-electron chi connectivity index (χ1n) is 4.74. The smallest absolute Gasteiger partial charge is 0.181 e. The molecule has 78 valence electrons. The minimum absolute atomic E-state index is 0.594. The number of benzene rings is 1. The topological polar surface area (TPSA) is 64.7 Å². The van der Waals surface area contributed by atoms with Crippen LogP contribution in [0.4, 0.5) is 5.13 Å². The first-order chi connectivity index (χ1) is 7.83. The number of thiazole rings is 1. The van der Waals surface area contributed by atoms with Crippen LogP contribution in [-0.2, 0) is 0 Å². The predicted octanol–water partition coefficient (Wildman–Crippen LogP) is 2.34. The van der Waals surface area contributed by atoms with Gasteiger partial charge in [0, 0.05) is 18.0 Å². The molecule has 0 unspecified atom stereocenters. The van der Waals surface area contributed by atoms with Gasteiger partial charge in [0.25, 0.3) is 0 Å². The summed E-state index contributed by atoms with van der Waals surface area (Å²) in [5, 5.41) is 0.594. The Bertz CT molecular complexity index is 633. The third-order valence-corrected chi connectivity index (χ3v) is 3.15. The van der Waals surface area contributed by atoms with Crippen LogP contribution in [0, 0.1) is 0 Å². The van der Waals surface area contributed by atoms with E-state index in [0.29, 0.717) is 5.13 Å². The highest BCUT2D eigenvalue weighted by molar-refractivity contribution is 7.22. The van der Waals surface area contributed by atoms with E-state index < -0.39 is 0 Å². The maximum atomic E-state index is 5.66. The number of rotatable bonds is 1. The molecule has 2 aromatic heterocycles. The van der Waals surface area contributed by atoms with Crippen LogP contribution in [-0.4, -0.2) is 15.0 Å². The fraction of sp³-hybridized carbons (Fsp3) is 0. The second-order valence-electron chi connectivity index (χ2n) is 3.36. The number of nitrogens with zero attached hydrogens (tertiary/aromatic N) is 3. The molecule has 3 rings (SSSR count). The molecule has 5 heteroatoms. The van der Waals surface area contributed by atoms with E-state index >= 15 is 0 Å². The predicted molar refractivity (Wildman–Crippen MR) is 65.1 cm³/mol. The van der Waals surface area contributed by atoms with Crippen LogP contribution in [0.2, 0.25) is 0 Å². The Hall–Kier alpha value is -2.01. The Balaban J connectivity index is 2.18. The maximum Gasteiger partial charge on any atom is 0.181 e. The van der Waals surface area contributed by atoms with Crippen molar-refractivity contribution >= 4 is 26.7 Å². The summed E-state index contributed by atoms with van der Waals surface area (Å²) in [6.07, 6.45) is 5.10. The number of nitrogens with two attached hydrogens (primary N) is 1. The van der Waals surface area contributed by atoms with Crippen molar-refractivity contribution in [2.24, 2.45) is 0 Å². The molecule has 4 nitrogen and oxygen atoms in total. The van der Waals surface area contributed by atoms with Crippen LogP contribution in [0.15, 0.2) is 36.9 Å². The first-order valence-corrected chi connectivity index (χ1v) is 5.56. The highest BCUT2D eigenvalue weighted by atomic mass is 32.1. The lowest BCUT2D eigenvalue weighted by Gasteiger charge is -1.98. The lowest BCUT2D eigenvalue weighted by Crippen LogP contribution is -1.81.